The third kappa shape index (κ3) is 3.98. The van der Waals surface area contributed by atoms with Crippen molar-refractivity contribution >= 4 is 29.1 Å². The normalized spacial score (nSPS) is 10.3. The second-order valence-corrected chi connectivity index (χ2v) is 5.80. The number of ether oxygens (including phenoxy) is 1. The maximum atomic E-state index is 12.2. The van der Waals surface area contributed by atoms with Crippen LogP contribution in [-0.2, 0) is 14.3 Å². The lowest BCUT2D eigenvalue weighted by molar-refractivity contribution is -0.127. The zero-order valence-electron chi connectivity index (χ0n) is 12.8. The zero-order valence-corrected chi connectivity index (χ0v) is 13.6. The van der Waals surface area contributed by atoms with E-state index in [2.05, 4.69) is 5.32 Å². The van der Waals surface area contributed by atoms with Crippen LogP contribution in [0.1, 0.15) is 21.7 Å². The summed E-state index contributed by atoms with van der Waals surface area (Å²) >= 11 is 1.41. The smallest absolute Gasteiger partial charge is 0.341 e. The molecule has 2 amide bonds. The van der Waals surface area contributed by atoms with E-state index in [1.165, 1.54) is 11.3 Å². The Labute approximate surface area is 137 Å². The van der Waals surface area contributed by atoms with E-state index in [9.17, 15) is 14.4 Å². The lowest BCUT2D eigenvalue weighted by atomic mass is 10.3. The Hall–Kier alpha value is -2.61. The number of nitrogens with zero attached hydrogens (tertiary/aromatic N) is 1. The summed E-state index contributed by atoms with van der Waals surface area (Å²) in [5, 5.41) is 4.78. The lowest BCUT2D eigenvalue weighted by Crippen LogP contribution is -2.36. The van der Waals surface area contributed by atoms with E-state index in [0.717, 1.165) is 16.4 Å². The first kappa shape index (κ1) is 16.8. The van der Waals surface area contributed by atoms with Gasteiger partial charge in [-0.2, -0.15) is 0 Å². The third-order valence-corrected chi connectivity index (χ3v) is 4.03. The molecule has 0 bridgehead atoms. The summed E-state index contributed by atoms with van der Waals surface area (Å²) in [7, 11) is 0. The minimum absolute atomic E-state index is 0.290. The van der Waals surface area contributed by atoms with Gasteiger partial charge in [0.2, 0.25) is 5.91 Å². The zero-order chi connectivity index (χ0) is 17.0. The van der Waals surface area contributed by atoms with Crippen LogP contribution in [0.2, 0.25) is 0 Å². The molecule has 0 aliphatic carbocycles. The molecule has 0 saturated heterocycles. The quantitative estimate of drug-likeness (QED) is 0.766. The fraction of sp³-hybridized carbons (Fsp3) is 0.267. The number of amides is 2. The van der Waals surface area contributed by atoms with Crippen molar-refractivity contribution in [3.05, 3.63) is 40.5 Å². The van der Waals surface area contributed by atoms with Crippen LogP contribution in [0, 0.1) is 13.8 Å². The maximum Gasteiger partial charge on any atom is 0.341 e. The Balaban J connectivity index is 2.06. The average Bonchev–Trinajstić information content (AvgIpc) is 3.09. The molecule has 2 aromatic heterocycles. The fourth-order valence-electron chi connectivity index (χ4n) is 2.06. The molecule has 8 heteroatoms. The molecule has 0 atom stereocenters. The number of esters is 1. The van der Waals surface area contributed by atoms with Crippen LogP contribution in [0.5, 0.6) is 0 Å². The van der Waals surface area contributed by atoms with Crippen molar-refractivity contribution in [1.82, 2.24) is 9.88 Å². The van der Waals surface area contributed by atoms with E-state index in [1.54, 1.807) is 11.4 Å². The number of carbonyl (C=O) groups is 3. The van der Waals surface area contributed by atoms with Gasteiger partial charge in [-0.05, 0) is 37.4 Å². The Bertz CT molecular complexity index is 728. The molecule has 7 nitrogen and oxygen atoms in total. The number of carbonyl (C=O) groups excluding carboxylic acids is 3. The second-order valence-electron chi connectivity index (χ2n) is 4.91. The highest BCUT2D eigenvalue weighted by molar-refractivity contribution is 7.13. The Morgan fingerprint density at radius 3 is 2.48 bits per heavy atom. The van der Waals surface area contributed by atoms with Gasteiger partial charge < -0.3 is 20.4 Å². The standard InChI is InChI=1S/C15H17N3O4S/c1-9-3-4-10(2)18(9)14-11(5-6-23-14)15(21)22-8-13(20)17-7-12(16)19/h3-6H,7-8H2,1-2H3,(H2,16,19)(H,17,20). The first-order chi connectivity index (χ1) is 10.9. The summed E-state index contributed by atoms with van der Waals surface area (Å²) in [6.45, 7) is 3.13. The molecule has 0 saturated carbocycles. The molecular formula is C15H17N3O4S. The molecule has 0 radical (unpaired) electrons. The number of hydrogen-bond acceptors (Lipinski definition) is 5. The number of hydrogen-bond donors (Lipinski definition) is 2. The van der Waals surface area contributed by atoms with E-state index in [-0.39, 0.29) is 6.54 Å². The van der Waals surface area contributed by atoms with Gasteiger partial charge in [-0.15, -0.1) is 11.3 Å². The van der Waals surface area contributed by atoms with Crippen molar-refractivity contribution in [3.63, 3.8) is 0 Å². The molecule has 2 aromatic rings. The Morgan fingerprint density at radius 2 is 1.87 bits per heavy atom. The van der Waals surface area contributed by atoms with Crippen molar-refractivity contribution in [2.45, 2.75) is 13.8 Å². The van der Waals surface area contributed by atoms with E-state index >= 15 is 0 Å². The largest absolute Gasteiger partial charge is 0.452 e. The van der Waals surface area contributed by atoms with Crippen molar-refractivity contribution in [2.24, 2.45) is 5.73 Å². The van der Waals surface area contributed by atoms with Crippen LogP contribution in [0.15, 0.2) is 23.6 Å². The van der Waals surface area contributed by atoms with Gasteiger partial charge in [-0.25, -0.2) is 4.79 Å². The van der Waals surface area contributed by atoms with Gasteiger partial charge in [0.15, 0.2) is 6.61 Å². The van der Waals surface area contributed by atoms with Crippen LogP contribution in [0.3, 0.4) is 0 Å². The Morgan fingerprint density at radius 1 is 1.22 bits per heavy atom. The molecule has 2 heterocycles. The molecular weight excluding hydrogens is 318 g/mol. The van der Waals surface area contributed by atoms with Crippen molar-refractivity contribution < 1.29 is 19.1 Å². The molecule has 2 rings (SSSR count). The minimum atomic E-state index is -0.664. The first-order valence-electron chi connectivity index (χ1n) is 6.85. The third-order valence-electron chi connectivity index (χ3n) is 3.13. The van der Waals surface area contributed by atoms with Gasteiger partial charge in [0.05, 0.1) is 12.1 Å². The SMILES string of the molecule is Cc1ccc(C)n1-c1sccc1C(=O)OCC(=O)NCC(N)=O. The van der Waals surface area contributed by atoms with E-state index in [4.69, 9.17) is 10.5 Å². The maximum absolute atomic E-state index is 12.2. The molecule has 0 aromatic carbocycles. The summed E-state index contributed by atoms with van der Waals surface area (Å²) in [5.74, 6) is -1.84. The summed E-state index contributed by atoms with van der Waals surface area (Å²) < 4.78 is 6.94. The highest BCUT2D eigenvalue weighted by Gasteiger charge is 2.18. The van der Waals surface area contributed by atoms with E-state index < -0.39 is 24.4 Å². The van der Waals surface area contributed by atoms with Gasteiger partial charge in [-0.3, -0.25) is 9.59 Å². The molecule has 0 fully saturated rings. The number of primary amides is 1. The number of rotatable bonds is 6. The molecule has 0 spiro atoms. The second kappa shape index (κ2) is 7.10. The van der Waals surface area contributed by atoms with Crippen LogP contribution >= 0.6 is 11.3 Å². The predicted octanol–water partition coefficient (Wildman–Crippen LogP) is 0.914. The van der Waals surface area contributed by atoms with Gasteiger partial charge >= 0.3 is 5.97 Å². The summed E-state index contributed by atoms with van der Waals surface area (Å²) in [6.07, 6.45) is 0. The molecule has 122 valence electrons. The van der Waals surface area contributed by atoms with Crippen LogP contribution in [0.4, 0.5) is 0 Å². The molecule has 23 heavy (non-hydrogen) atoms. The first-order valence-corrected chi connectivity index (χ1v) is 7.73. The average molecular weight is 335 g/mol. The number of nitrogens with one attached hydrogen (secondary N) is 1. The fourth-order valence-corrected chi connectivity index (χ4v) is 3.07. The summed E-state index contributed by atoms with van der Waals surface area (Å²) in [4.78, 5) is 34.2. The van der Waals surface area contributed by atoms with Crippen LogP contribution in [-0.4, -0.2) is 35.5 Å². The number of thiophene rings is 1. The summed E-state index contributed by atoms with van der Waals surface area (Å²) in [6, 6.07) is 5.57. The van der Waals surface area contributed by atoms with Gasteiger partial charge in [-0.1, -0.05) is 0 Å². The van der Waals surface area contributed by atoms with E-state index in [1.807, 2.05) is 30.5 Å². The van der Waals surface area contributed by atoms with Crippen LogP contribution in [0.25, 0.3) is 5.00 Å². The minimum Gasteiger partial charge on any atom is -0.452 e. The highest BCUT2D eigenvalue weighted by atomic mass is 32.1. The van der Waals surface area contributed by atoms with Crippen molar-refractivity contribution in [3.8, 4) is 5.00 Å². The number of aromatic nitrogens is 1. The van der Waals surface area contributed by atoms with Crippen molar-refractivity contribution in [1.29, 1.82) is 0 Å². The summed E-state index contributed by atoms with van der Waals surface area (Å²) in [5.41, 5.74) is 7.30. The van der Waals surface area contributed by atoms with Gasteiger partial charge in [0.1, 0.15) is 5.00 Å². The molecule has 0 aliphatic heterocycles. The predicted molar refractivity (Wildman–Crippen MR) is 85.6 cm³/mol. The molecule has 3 N–H and O–H groups in total. The van der Waals surface area contributed by atoms with E-state index in [0.29, 0.717) is 5.56 Å². The number of nitrogens with two attached hydrogens (primary N) is 1. The highest BCUT2D eigenvalue weighted by Crippen LogP contribution is 2.26. The topological polar surface area (TPSA) is 103 Å². The van der Waals surface area contributed by atoms with Gasteiger partial charge in [0.25, 0.3) is 5.91 Å². The van der Waals surface area contributed by atoms with Gasteiger partial charge in [0, 0.05) is 11.4 Å². The van der Waals surface area contributed by atoms with Crippen LogP contribution < -0.4 is 11.1 Å². The number of aryl methyl sites for hydroxylation is 2. The molecule has 0 aliphatic rings. The monoisotopic (exact) mass is 335 g/mol. The van der Waals surface area contributed by atoms with Crippen molar-refractivity contribution in [2.75, 3.05) is 13.2 Å². The molecule has 0 unspecified atom stereocenters. The lowest BCUT2D eigenvalue weighted by Gasteiger charge is -2.10. The Kier molecular flexibility index (Phi) is 5.17.